The van der Waals surface area contributed by atoms with E-state index in [0.29, 0.717) is 17.2 Å². The Labute approximate surface area is 145 Å². The van der Waals surface area contributed by atoms with Crippen LogP contribution >= 0.6 is 11.8 Å². The molecule has 1 aliphatic heterocycles. The largest absolute Gasteiger partial charge is 0.497 e. The maximum atomic E-state index is 12.6. The van der Waals surface area contributed by atoms with Gasteiger partial charge in [0.1, 0.15) is 5.75 Å². The number of hydrogen-bond donors (Lipinski definition) is 0. The van der Waals surface area contributed by atoms with Gasteiger partial charge < -0.3 is 4.74 Å². The molecule has 0 N–H and O–H groups in total. The highest BCUT2D eigenvalue weighted by atomic mass is 32.2. The molecule has 0 spiro atoms. The van der Waals surface area contributed by atoms with Crippen molar-refractivity contribution < 1.29 is 14.3 Å². The molecule has 1 fully saturated rings. The Balaban J connectivity index is 1.83. The molecule has 0 aliphatic carbocycles. The second kappa shape index (κ2) is 6.93. The van der Waals surface area contributed by atoms with Gasteiger partial charge in [-0.05, 0) is 53.6 Å². The number of ether oxygens (including phenoxy) is 1. The lowest BCUT2D eigenvalue weighted by molar-refractivity contribution is -0.123. The average Bonchev–Trinajstić information content (AvgIpc) is 2.84. The van der Waals surface area contributed by atoms with Crippen LogP contribution in [0.2, 0.25) is 0 Å². The monoisotopic (exact) mass is 339 g/mol. The zero-order chi connectivity index (χ0) is 17.1. The van der Waals surface area contributed by atoms with Gasteiger partial charge in [0.05, 0.1) is 18.6 Å². The van der Waals surface area contributed by atoms with Crippen LogP contribution in [0, 0.1) is 6.92 Å². The van der Waals surface area contributed by atoms with Gasteiger partial charge in [-0.25, -0.2) is 0 Å². The summed E-state index contributed by atoms with van der Waals surface area (Å²) in [6, 6.07) is 15.1. The normalized spacial score (nSPS) is 16.1. The van der Waals surface area contributed by atoms with E-state index in [1.165, 1.54) is 4.90 Å². The fourth-order valence-corrected chi connectivity index (χ4v) is 3.32. The molecule has 2 aromatic rings. The summed E-state index contributed by atoms with van der Waals surface area (Å²) in [6.07, 6.45) is 1.73. The summed E-state index contributed by atoms with van der Waals surface area (Å²) in [7, 11) is 1.59. The van der Waals surface area contributed by atoms with E-state index >= 15 is 0 Å². The highest BCUT2D eigenvalue weighted by Gasteiger charge is 2.35. The quantitative estimate of drug-likeness (QED) is 0.782. The topological polar surface area (TPSA) is 46.6 Å². The fourth-order valence-electron chi connectivity index (χ4n) is 2.48. The number of benzene rings is 2. The smallest absolute Gasteiger partial charge is 0.293 e. The van der Waals surface area contributed by atoms with Crippen LogP contribution in [0.15, 0.2) is 53.4 Å². The fraction of sp³-hybridized carbons (Fsp3) is 0.158. The van der Waals surface area contributed by atoms with Gasteiger partial charge in [0.25, 0.3) is 11.1 Å². The molecule has 0 aromatic heterocycles. The predicted octanol–water partition coefficient (Wildman–Crippen LogP) is 4.24. The van der Waals surface area contributed by atoms with Crippen molar-refractivity contribution >= 4 is 29.0 Å². The molecule has 0 radical (unpaired) electrons. The number of imide groups is 1. The Hall–Kier alpha value is -2.53. The van der Waals surface area contributed by atoms with Crippen molar-refractivity contribution in [1.82, 2.24) is 4.90 Å². The lowest BCUT2D eigenvalue weighted by Crippen LogP contribution is -2.27. The number of hydrogen-bond acceptors (Lipinski definition) is 4. The number of amides is 2. The summed E-state index contributed by atoms with van der Waals surface area (Å²) < 4.78 is 5.18. The van der Waals surface area contributed by atoms with Crippen LogP contribution in [-0.4, -0.2) is 23.2 Å². The van der Waals surface area contributed by atoms with Crippen molar-refractivity contribution in [2.75, 3.05) is 7.11 Å². The van der Waals surface area contributed by atoms with E-state index in [4.69, 9.17) is 4.74 Å². The van der Waals surface area contributed by atoms with Gasteiger partial charge in [-0.3, -0.25) is 14.5 Å². The van der Waals surface area contributed by atoms with E-state index in [-0.39, 0.29) is 11.1 Å². The second-order valence-corrected chi connectivity index (χ2v) is 6.46. The third-order valence-electron chi connectivity index (χ3n) is 3.85. The highest BCUT2D eigenvalue weighted by molar-refractivity contribution is 8.18. The molecule has 122 valence electrons. The van der Waals surface area contributed by atoms with Crippen molar-refractivity contribution in [2.24, 2.45) is 0 Å². The first-order chi connectivity index (χ1) is 11.6. The Morgan fingerprint density at radius 2 is 1.92 bits per heavy atom. The molecule has 2 aromatic carbocycles. The Bertz CT molecular complexity index is 829. The molecule has 0 atom stereocenters. The summed E-state index contributed by atoms with van der Waals surface area (Å²) >= 11 is 0.973. The van der Waals surface area contributed by atoms with Crippen molar-refractivity contribution in [3.05, 3.63) is 70.1 Å². The zero-order valence-corrected chi connectivity index (χ0v) is 14.3. The average molecular weight is 339 g/mol. The Morgan fingerprint density at radius 1 is 1.12 bits per heavy atom. The zero-order valence-electron chi connectivity index (χ0n) is 13.5. The number of rotatable bonds is 4. The first kappa shape index (κ1) is 16.3. The van der Waals surface area contributed by atoms with Crippen LogP contribution in [0.1, 0.15) is 16.7 Å². The van der Waals surface area contributed by atoms with E-state index in [1.54, 1.807) is 13.2 Å². The lowest BCUT2D eigenvalue weighted by atomic mass is 10.1. The molecular formula is C19H17NO3S. The van der Waals surface area contributed by atoms with Crippen molar-refractivity contribution in [1.29, 1.82) is 0 Å². The maximum absolute atomic E-state index is 12.6. The molecule has 1 heterocycles. The van der Waals surface area contributed by atoms with E-state index in [2.05, 4.69) is 0 Å². The van der Waals surface area contributed by atoms with Crippen LogP contribution in [0.4, 0.5) is 4.79 Å². The molecule has 1 aliphatic rings. The van der Waals surface area contributed by atoms with Gasteiger partial charge in [0.2, 0.25) is 0 Å². The molecular weight excluding hydrogens is 322 g/mol. The van der Waals surface area contributed by atoms with Crippen LogP contribution in [0.25, 0.3) is 6.08 Å². The molecule has 24 heavy (non-hydrogen) atoms. The van der Waals surface area contributed by atoms with E-state index in [9.17, 15) is 9.59 Å². The number of carbonyl (C=O) groups excluding carboxylic acids is 2. The molecule has 1 saturated heterocycles. The van der Waals surface area contributed by atoms with E-state index in [0.717, 1.165) is 28.5 Å². The summed E-state index contributed by atoms with van der Waals surface area (Å²) in [6.45, 7) is 2.27. The van der Waals surface area contributed by atoms with Gasteiger partial charge >= 0.3 is 0 Å². The predicted molar refractivity (Wildman–Crippen MR) is 95.7 cm³/mol. The molecule has 5 heteroatoms. The van der Waals surface area contributed by atoms with Crippen molar-refractivity contribution in [2.45, 2.75) is 13.5 Å². The summed E-state index contributed by atoms with van der Waals surface area (Å²) in [5.74, 6) is 0.457. The number of aryl methyl sites for hydroxylation is 1. The van der Waals surface area contributed by atoms with Gasteiger partial charge in [-0.1, -0.05) is 36.4 Å². The minimum atomic E-state index is -0.254. The Kier molecular flexibility index (Phi) is 4.71. The minimum Gasteiger partial charge on any atom is -0.497 e. The van der Waals surface area contributed by atoms with Crippen LogP contribution in [-0.2, 0) is 11.3 Å². The third-order valence-corrected chi connectivity index (χ3v) is 4.76. The van der Waals surface area contributed by atoms with Gasteiger partial charge in [0.15, 0.2) is 0 Å². The number of carbonyl (C=O) groups is 2. The van der Waals surface area contributed by atoms with Crippen molar-refractivity contribution in [3.63, 3.8) is 0 Å². The van der Waals surface area contributed by atoms with Gasteiger partial charge in [-0.15, -0.1) is 0 Å². The molecule has 0 unspecified atom stereocenters. The van der Waals surface area contributed by atoms with Crippen LogP contribution in [0.3, 0.4) is 0 Å². The maximum Gasteiger partial charge on any atom is 0.293 e. The summed E-state index contributed by atoms with van der Waals surface area (Å²) in [5, 5.41) is -0.239. The SMILES string of the molecule is COc1cccc(/C=C2\SC(=O)N(Cc3ccccc3C)C2=O)c1. The standard InChI is InChI=1S/C19H17NO3S/c1-13-6-3-4-8-15(13)12-20-18(21)17(24-19(20)22)11-14-7-5-9-16(10-14)23-2/h3-11H,12H2,1-2H3/b17-11-. The van der Waals surface area contributed by atoms with Crippen molar-refractivity contribution in [3.8, 4) is 5.75 Å². The molecule has 4 nitrogen and oxygen atoms in total. The highest BCUT2D eigenvalue weighted by Crippen LogP contribution is 2.33. The minimum absolute atomic E-state index is 0.239. The summed E-state index contributed by atoms with van der Waals surface area (Å²) in [4.78, 5) is 26.5. The van der Waals surface area contributed by atoms with E-state index < -0.39 is 0 Å². The Morgan fingerprint density at radius 3 is 2.67 bits per heavy atom. The number of thioether (sulfide) groups is 1. The number of methoxy groups -OCH3 is 1. The third kappa shape index (κ3) is 3.36. The van der Waals surface area contributed by atoms with Crippen LogP contribution in [0.5, 0.6) is 5.75 Å². The molecule has 0 saturated carbocycles. The lowest BCUT2D eigenvalue weighted by Gasteiger charge is -2.14. The van der Waals surface area contributed by atoms with E-state index in [1.807, 2.05) is 55.5 Å². The second-order valence-electron chi connectivity index (χ2n) is 5.47. The van der Waals surface area contributed by atoms with Gasteiger partial charge in [-0.2, -0.15) is 0 Å². The number of nitrogens with zero attached hydrogens (tertiary/aromatic N) is 1. The molecule has 3 rings (SSSR count). The van der Waals surface area contributed by atoms with Crippen LogP contribution < -0.4 is 4.74 Å². The molecule has 2 amide bonds. The first-order valence-electron chi connectivity index (χ1n) is 7.52. The molecule has 0 bridgehead atoms. The first-order valence-corrected chi connectivity index (χ1v) is 8.34. The summed E-state index contributed by atoms with van der Waals surface area (Å²) in [5.41, 5.74) is 2.87. The van der Waals surface area contributed by atoms with Gasteiger partial charge in [0, 0.05) is 0 Å².